The molecule has 1 aromatic heterocycles. The van der Waals surface area contributed by atoms with E-state index in [1.54, 1.807) is 12.1 Å². The monoisotopic (exact) mass is 245 g/mol. The third-order valence-corrected chi connectivity index (χ3v) is 2.45. The molecule has 0 aliphatic carbocycles. The highest BCUT2D eigenvalue weighted by molar-refractivity contribution is 5.90. The maximum Gasteiger partial charge on any atom is 0.358 e. The average Bonchev–Trinajstić information content (AvgIpc) is 2.39. The van der Waals surface area contributed by atoms with E-state index in [2.05, 4.69) is 4.98 Å². The molecular formula is C13H11NO4. The van der Waals surface area contributed by atoms with E-state index in [0.29, 0.717) is 5.69 Å². The summed E-state index contributed by atoms with van der Waals surface area (Å²) in [5.41, 5.74) is 0.758. The Balaban J connectivity index is 2.63. The van der Waals surface area contributed by atoms with Gasteiger partial charge in [-0.25, -0.2) is 9.78 Å². The van der Waals surface area contributed by atoms with Crippen LogP contribution in [0.1, 0.15) is 10.5 Å². The van der Waals surface area contributed by atoms with Crippen LogP contribution in [0.4, 0.5) is 0 Å². The molecule has 5 nitrogen and oxygen atoms in total. The van der Waals surface area contributed by atoms with Crippen molar-refractivity contribution < 1.29 is 19.7 Å². The number of hydrogen-bond acceptors (Lipinski definition) is 4. The average molecular weight is 245 g/mol. The summed E-state index contributed by atoms with van der Waals surface area (Å²) in [6.07, 6.45) is 0. The normalized spacial score (nSPS) is 10.1. The van der Waals surface area contributed by atoms with Gasteiger partial charge in [-0.05, 0) is 0 Å². The van der Waals surface area contributed by atoms with E-state index in [4.69, 9.17) is 9.84 Å². The smallest absolute Gasteiger partial charge is 0.358 e. The van der Waals surface area contributed by atoms with Crippen molar-refractivity contribution >= 4 is 5.97 Å². The van der Waals surface area contributed by atoms with Gasteiger partial charge in [0.1, 0.15) is 0 Å². The van der Waals surface area contributed by atoms with Crippen LogP contribution in [0.5, 0.6) is 11.5 Å². The summed E-state index contributed by atoms with van der Waals surface area (Å²) in [6, 6.07) is 10.6. The first-order valence-corrected chi connectivity index (χ1v) is 5.20. The second-order valence-electron chi connectivity index (χ2n) is 3.58. The lowest BCUT2D eigenvalue weighted by Crippen LogP contribution is -2.03. The van der Waals surface area contributed by atoms with Crippen molar-refractivity contribution in [3.05, 3.63) is 42.1 Å². The zero-order valence-corrected chi connectivity index (χ0v) is 9.62. The molecule has 2 rings (SSSR count). The van der Waals surface area contributed by atoms with E-state index < -0.39 is 17.4 Å². The van der Waals surface area contributed by atoms with Crippen LogP contribution in [0.2, 0.25) is 0 Å². The van der Waals surface area contributed by atoms with Crippen molar-refractivity contribution in [3.8, 4) is 22.8 Å². The summed E-state index contributed by atoms with van der Waals surface area (Å²) in [4.78, 5) is 14.9. The molecule has 92 valence electrons. The van der Waals surface area contributed by atoms with Crippen molar-refractivity contribution in [2.45, 2.75) is 0 Å². The molecule has 5 heteroatoms. The molecule has 1 heterocycles. The minimum Gasteiger partial charge on any atom is -0.503 e. The lowest BCUT2D eigenvalue weighted by Gasteiger charge is -2.09. The fourth-order valence-corrected chi connectivity index (χ4v) is 1.58. The summed E-state index contributed by atoms with van der Waals surface area (Å²) in [5.74, 6) is -1.69. The maximum absolute atomic E-state index is 11.0. The van der Waals surface area contributed by atoms with E-state index in [1.807, 2.05) is 18.2 Å². The molecule has 0 unspecified atom stereocenters. The molecule has 0 bridgehead atoms. The first-order chi connectivity index (χ1) is 8.63. The van der Waals surface area contributed by atoms with Gasteiger partial charge < -0.3 is 14.9 Å². The highest BCUT2D eigenvalue weighted by Crippen LogP contribution is 2.32. The Labute approximate surface area is 103 Å². The highest BCUT2D eigenvalue weighted by atomic mass is 16.5. The molecule has 0 fully saturated rings. The van der Waals surface area contributed by atoms with E-state index >= 15 is 0 Å². The first kappa shape index (κ1) is 11.9. The number of rotatable bonds is 3. The molecule has 0 aliphatic rings. The van der Waals surface area contributed by atoms with Crippen LogP contribution in [0.15, 0.2) is 36.4 Å². The zero-order valence-electron chi connectivity index (χ0n) is 9.62. The Kier molecular flexibility index (Phi) is 3.14. The van der Waals surface area contributed by atoms with Crippen molar-refractivity contribution in [3.63, 3.8) is 0 Å². The molecule has 2 aromatic rings. The molecule has 0 aliphatic heterocycles. The molecular weight excluding hydrogens is 234 g/mol. The number of carbonyl (C=O) groups is 1. The highest BCUT2D eigenvalue weighted by Gasteiger charge is 2.18. The van der Waals surface area contributed by atoms with Gasteiger partial charge in [0, 0.05) is 11.6 Å². The maximum atomic E-state index is 11.0. The molecule has 0 saturated heterocycles. The number of aromatic hydroxyl groups is 1. The lowest BCUT2D eigenvalue weighted by molar-refractivity contribution is 0.0686. The number of pyridine rings is 1. The van der Waals surface area contributed by atoms with E-state index in [0.717, 1.165) is 5.56 Å². The predicted molar refractivity (Wildman–Crippen MR) is 64.8 cm³/mol. The topological polar surface area (TPSA) is 79.7 Å². The predicted octanol–water partition coefficient (Wildman–Crippen LogP) is 2.16. The quantitative estimate of drug-likeness (QED) is 0.866. The number of aromatic carboxylic acids is 1. The Morgan fingerprint density at radius 2 is 1.94 bits per heavy atom. The Morgan fingerprint density at radius 3 is 2.50 bits per heavy atom. The van der Waals surface area contributed by atoms with Gasteiger partial charge >= 0.3 is 5.97 Å². The van der Waals surface area contributed by atoms with Crippen molar-refractivity contribution in [2.75, 3.05) is 7.11 Å². The summed E-state index contributed by atoms with van der Waals surface area (Å²) in [5, 5.41) is 18.6. The largest absolute Gasteiger partial charge is 0.503 e. The first-order valence-electron chi connectivity index (χ1n) is 5.20. The van der Waals surface area contributed by atoms with Gasteiger partial charge in [0.2, 0.25) is 0 Å². The molecule has 0 atom stereocenters. The Morgan fingerprint density at radius 1 is 1.28 bits per heavy atom. The number of hydrogen-bond donors (Lipinski definition) is 2. The summed E-state index contributed by atoms with van der Waals surface area (Å²) < 4.78 is 4.94. The van der Waals surface area contributed by atoms with E-state index in [-0.39, 0.29) is 5.75 Å². The van der Waals surface area contributed by atoms with Crippen LogP contribution in [-0.2, 0) is 0 Å². The van der Waals surface area contributed by atoms with Gasteiger partial charge in [0.15, 0.2) is 17.2 Å². The van der Waals surface area contributed by atoms with Crippen LogP contribution in [0.3, 0.4) is 0 Å². The second-order valence-corrected chi connectivity index (χ2v) is 3.58. The number of nitrogens with zero attached hydrogens (tertiary/aromatic N) is 1. The van der Waals surface area contributed by atoms with Gasteiger partial charge in [0.05, 0.1) is 12.8 Å². The summed E-state index contributed by atoms with van der Waals surface area (Å²) in [6.45, 7) is 0. The van der Waals surface area contributed by atoms with Gasteiger partial charge in [-0.2, -0.15) is 0 Å². The van der Waals surface area contributed by atoms with Crippen LogP contribution < -0.4 is 4.74 Å². The molecule has 0 saturated carbocycles. The lowest BCUT2D eigenvalue weighted by atomic mass is 10.1. The van der Waals surface area contributed by atoms with E-state index in [1.165, 1.54) is 13.2 Å². The summed E-state index contributed by atoms with van der Waals surface area (Å²) in [7, 11) is 1.36. The fraction of sp³-hybridized carbons (Fsp3) is 0.0769. The number of carboxylic acids is 1. The van der Waals surface area contributed by atoms with Crippen LogP contribution >= 0.6 is 0 Å². The summed E-state index contributed by atoms with van der Waals surface area (Å²) >= 11 is 0. The number of aromatic nitrogens is 1. The van der Waals surface area contributed by atoms with Crippen molar-refractivity contribution in [2.24, 2.45) is 0 Å². The minimum absolute atomic E-state index is 0.0845. The van der Waals surface area contributed by atoms with Gasteiger partial charge in [-0.3, -0.25) is 0 Å². The van der Waals surface area contributed by atoms with Crippen LogP contribution in [-0.4, -0.2) is 28.3 Å². The SMILES string of the molecule is COc1cc(-c2ccccc2)nc(C(=O)O)c1O. The molecule has 1 aromatic carbocycles. The number of benzene rings is 1. The van der Waals surface area contributed by atoms with E-state index in [9.17, 15) is 9.90 Å². The third kappa shape index (κ3) is 2.10. The minimum atomic E-state index is -1.30. The third-order valence-electron chi connectivity index (χ3n) is 2.45. The number of methoxy groups -OCH3 is 1. The van der Waals surface area contributed by atoms with Crippen molar-refractivity contribution in [1.82, 2.24) is 4.98 Å². The zero-order chi connectivity index (χ0) is 13.1. The molecule has 0 amide bonds. The van der Waals surface area contributed by atoms with Gasteiger partial charge in [-0.15, -0.1) is 0 Å². The second kappa shape index (κ2) is 4.75. The Bertz CT molecular complexity index is 581. The van der Waals surface area contributed by atoms with Crippen LogP contribution in [0, 0.1) is 0 Å². The molecule has 0 spiro atoms. The Hall–Kier alpha value is -2.56. The molecule has 2 N–H and O–H groups in total. The van der Waals surface area contributed by atoms with Crippen LogP contribution in [0.25, 0.3) is 11.3 Å². The molecule has 0 radical (unpaired) electrons. The number of carboxylic acid groups (broad SMARTS) is 1. The van der Waals surface area contributed by atoms with Gasteiger partial charge in [0.25, 0.3) is 0 Å². The molecule has 18 heavy (non-hydrogen) atoms. The van der Waals surface area contributed by atoms with Crippen molar-refractivity contribution in [1.29, 1.82) is 0 Å². The van der Waals surface area contributed by atoms with Gasteiger partial charge in [-0.1, -0.05) is 30.3 Å². The standard InChI is InChI=1S/C13H11NO4/c1-18-10-7-9(8-5-3-2-4-6-8)14-11(12(10)15)13(16)17/h2-7,15H,1H3,(H,16,17). The fourth-order valence-electron chi connectivity index (χ4n) is 1.58. The number of ether oxygens (including phenoxy) is 1.